The van der Waals surface area contributed by atoms with Gasteiger partial charge in [-0.3, -0.25) is 4.68 Å². The quantitative estimate of drug-likeness (QED) is 0.846. The normalized spacial score (nSPS) is 12.6. The zero-order chi connectivity index (χ0) is 15.2. The summed E-state index contributed by atoms with van der Waals surface area (Å²) in [7, 11) is 0. The van der Waals surface area contributed by atoms with Gasteiger partial charge >= 0.3 is 0 Å². The maximum atomic E-state index is 5.75. The first-order chi connectivity index (χ1) is 10.1. The van der Waals surface area contributed by atoms with Crippen molar-refractivity contribution in [3.63, 3.8) is 0 Å². The van der Waals surface area contributed by atoms with Gasteiger partial charge in [-0.05, 0) is 51.5 Å². The van der Waals surface area contributed by atoms with Crippen LogP contribution in [0.4, 0.5) is 0 Å². The fourth-order valence-corrected chi connectivity index (χ4v) is 2.30. The van der Waals surface area contributed by atoms with Crippen LogP contribution in [0.2, 0.25) is 0 Å². The van der Waals surface area contributed by atoms with Crippen LogP contribution in [-0.4, -0.2) is 15.9 Å². The lowest BCUT2D eigenvalue weighted by molar-refractivity contribution is 0.242. The minimum atomic E-state index is 0.197. The van der Waals surface area contributed by atoms with Crippen LogP contribution in [-0.2, 0) is 13.1 Å². The molecule has 0 aliphatic carbocycles. The monoisotopic (exact) mass is 287 g/mol. The SMILES string of the molecule is CCn1nccc1CNC(C)c1cccc(OC(C)C)c1. The summed E-state index contributed by atoms with van der Waals surface area (Å²) < 4.78 is 7.76. The van der Waals surface area contributed by atoms with E-state index in [9.17, 15) is 0 Å². The summed E-state index contributed by atoms with van der Waals surface area (Å²) in [6.07, 6.45) is 2.05. The van der Waals surface area contributed by atoms with Crippen molar-refractivity contribution in [3.8, 4) is 5.75 Å². The lowest BCUT2D eigenvalue weighted by Crippen LogP contribution is -2.20. The summed E-state index contributed by atoms with van der Waals surface area (Å²) >= 11 is 0. The highest BCUT2D eigenvalue weighted by atomic mass is 16.5. The lowest BCUT2D eigenvalue weighted by atomic mass is 10.1. The highest BCUT2D eigenvalue weighted by Crippen LogP contribution is 2.20. The molecule has 21 heavy (non-hydrogen) atoms. The van der Waals surface area contributed by atoms with Gasteiger partial charge in [0.1, 0.15) is 5.75 Å². The molecule has 4 nitrogen and oxygen atoms in total. The second-order valence-electron chi connectivity index (χ2n) is 5.48. The number of nitrogens with one attached hydrogen (secondary N) is 1. The molecule has 1 aromatic carbocycles. The highest BCUT2D eigenvalue weighted by molar-refractivity contribution is 5.30. The molecule has 0 amide bonds. The van der Waals surface area contributed by atoms with Crippen molar-refractivity contribution in [3.05, 3.63) is 47.8 Å². The average molecular weight is 287 g/mol. The lowest BCUT2D eigenvalue weighted by Gasteiger charge is -2.17. The Bertz CT molecular complexity index is 563. The standard InChI is InChI=1S/C17H25N3O/c1-5-20-16(9-10-19-20)12-18-14(4)15-7-6-8-17(11-15)21-13(2)3/h6-11,13-14,18H,5,12H2,1-4H3. The van der Waals surface area contributed by atoms with Crippen molar-refractivity contribution >= 4 is 0 Å². The Balaban J connectivity index is 1.98. The van der Waals surface area contributed by atoms with Gasteiger partial charge in [-0.2, -0.15) is 5.10 Å². The first-order valence-electron chi connectivity index (χ1n) is 7.60. The summed E-state index contributed by atoms with van der Waals surface area (Å²) in [6, 6.07) is 10.6. The van der Waals surface area contributed by atoms with E-state index >= 15 is 0 Å². The number of hydrogen-bond donors (Lipinski definition) is 1. The number of rotatable bonds is 7. The number of aryl methyl sites for hydroxylation is 1. The molecule has 0 saturated heterocycles. The van der Waals surface area contributed by atoms with Crippen molar-refractivity contribution in [2.24, 2.45) is 0 Å². The molecule has 1 atom stereocenters. The predicted octanol–water partition coefficient (Wildman–Crippen LogP) is 3.54. The molecule has 114 valence electrons. The van der Waals surface area contributed by atoms with Crippen molar-refractivity contribution in [1.82, 2.24) is 15.1 Å². The van der Waals surface area contributed by atoms with E-state index in [4.69, 9.17) is 4.74 Å². The molecule has 2 aromatic rings. The number of aromatic nitrogens is 2. The molecule has 0 spiro atoms. The summed E-state index contributed by atoms with van der Waals surface area (Å²) in [4.78, 5) is 0. The molecule has 1 heterocycles. The Kier molecular flexibility index (Phi) is 5.39. The molecule has 0 bridgehead atoms. The van der Waals surface area contributed by atoms with Gasteiger partial charge in [0.25, 0.3) is 0 Å². The Morgan fingerprint density at radius 3 is 2.76 bits per heavy atom. The van der Waals surface area contributed by atoms with Crippen LogP contribution < -0.4 is 10.1 Å². The predicted molar refractivity (Wildman–Crippen MR) is 85.4 cm³/mol. The minimum absolute atomic E-state index is 0.197. The third-order valence-corrected chi connectivity index (χ3v) is 3.42. The second kappa shape index (κ2) is 7.27. The van der Waals surface area contributed by atoms with Gasteiger partial charge in [0.15, 0.2) is 0 Å². The van der Waals surface area contributed by atoms with Crippen molar-refractivity contribution < 1.29 is 4.74 Å². The topological polar surface area (TPSA) is 39.1 Å². The zero-order valence-corrected chi connectivity index (χ0v) is 13.3. The second-order valence-corrected chi connectivity index (χ2v) is 5.48. The van der Waals surface area contributed by atoms with Gasteiger partial charge < -0.3 is 10.1 Å². The third kappa shape index (κ3) is 4.33. The van der Waals surface area contributed by atoms with Crippen molar-refractivity contribution in [2.45, 2.75) is 52.9 Å². The van der Waals surface area contributed by atoms with Gasteiger partial charge in [0.05, 0.1) is 11.8 Å². The molecule has 0 fully saturated rings. The molecule has 1 aromatic heterocycles. The van der Waals surface area contributed by atoms with Crippen LogP contribution in [0.1, 0.15) is 45.0 Å². The van der Waals surface area contributed by atoms with E-state index in [1.165, 1.54) is 11.3 Å². The molecule has 0 aliphatic heterocycles. The molecule has 0 aliphatic rings. The van der Waals surface area contributed by atoms with Gasteiger partial charge in [-0.25, -0.2) is 0 Å². The molecule has 2 rings (SSSR count). The maximum Gasteiger partial charge on any atom is 0.120 e. The van der Waals surface area contributed by atoms with Crippen LogP contribution in [0.3, 0.4) is 0 Å². The molecule has 0 saturated carbocycles. The van der Waals surface area contributed by atoms with Crippen LogP contribution in [0, 0.1) is 0 Å². The van der Waals surface area contributed by atoms with Gasteiger partial charge in [0.2, 0.25) is 0 Å². The van der Waals surface area contributed by atoms with Crippen LogP contribution >= 0.6 is 0 Å². The smallest absolute Gasteiger partial charge is 0.120 e. The van der Waals surface area contributed by atoms with Gasteiger partial charge in [-0.15, -0.1) is 0 Å². The van der Waals surface area contributed by atoms with E-state index in [2.05, 4.69) is 42.5 Å². The third-order valence-electron chi connectivity index (χ3n) is 3.42. The van der Waals surface area contributed by atoms with E-state index in [1.807, 2.05) is 36.9 Å². The Labute approximate surface area is 127 Å². The van der Waals surface area contributed by atoms with E-state index in [0.717, 1.165) is 18.8 Å². The average Bonchev–Trinajstić information content (AvgIpc) is 2.91. The number of ether oxygens (including phenoxy) is 1. The summed E-state index contributed by atoms with van der Waals surface area (Å²) in [6.45, 7) is 10.1. The molecule has 1 unspecified atom stereocenters. The first kappa shape index (κ1) is 15.6. The Morgan fingerprint density at radius 1 is 1.24 bits per heavy atom. The Morgan fingerprint density at radius 2 is 2.05 bits per heavy atom. The number of nitrogens with zero attached hydrogens (tertiary/aromatic N) is 2. The zero-order valence-electron chi connectivity index (χ0n) is 13.3. The highest BCUT2D eigenvalue weighted by Gasteiger charge is 2.08. The number of hydrogen-bond acceptors (Lipinski definition) is 3. The van der Waals surface area contributed by atoms with Crippen molar-refractivity contribution in [1.29, 1.82) is 0 Å². The maximum absolute atomic E-state index is 5.75. The van der Waals surface area contributed by atoms with Gasteiger partial charge in [-0.1, -0.05) is 12.1 Å². The van der Waals surface area contributed by atoms with E-state index in [-0.39, 0.29) is 12.1 Å². The summed E-state index contributed by atoms with van der Waals surface area (Å²) in [5.41, 5.74) is 2.44. The first-order valence-corrected chi connectivity index (χ1v) is 7.60. The van der Waals surface area contributed by atoms with E-state index in [1.54, 1.807) is 0 Å². The molecular formula is C17H25N3O. The number of benzene rings is 1. The molecule has 1 N–H and O–H groups in total. The minimum Gasteiger partial charge on any atom is -0.491 e. The van der Waals surface area contributed by atoms with Crippen LogP contribution in [0.15, 0.2) is 36.5 Å². The van der Waals surface area contributed by atoms with Gasteiger partial charge in [0, 0.05) is 25.3 Å². The summed E-state index contributed by atoms with van der Waals surface area (Å²) in [5.74, 6) is 0.926. The van der Waals surface area contributed by atoms with E-state index < -0.39 is 0 Å². The molecule has 0 radical (unpaired) electrons. The van der Waals surface area contributed by atoms with E-state index in [0.29, 0.717) is 0 Å². The van der Waals surface area contributed by atoms with Crippen molar-refractivity contribution in [2.75, 3.05) is 0 Å². The fourth-order valence-electron chi connectivity index (χ4n) is 2.30. The Hall–Kier alpha value is -1.81. The van der Waals surface area contributed by atoms with Crippen LogP contribution in [0.25, 0.3) is 0 Å². The molecular weight excluding hydrogens is 262 g/mol. The van der Waals surface area contributed by atoms with Crippen LogP contribution in [0.5, 0.6) is 5.75 Å². The fraction of sp³-hybridized carbons (Fsp3) is 0.471. The molecule has 4 heteroatoms. The largest absolute Gasteiger partial charge is 0.491 e. The summed E-state index contributed by atoms with van der Waals surface area (Å²) in [5, 5.41) is 7.83.